The molecule has 3 aliphatic heterocycles. The maximum atomic E-state index is 12.2. The number of benzene rings is 1. The summed E-state index contributed by atoms with van der Waals surface area (Å²) < 4.78 is 16.4. The standard InChI is InChI=1S/C16H14N4O4/c21-16-11-7-22-5-4-20(11)15-10(18-16)6-17-14(19-15)9-2-1-3-12-13(9)24-8-23-12/h1-3,6,11H,4-5,7-8H2,(H,18,21). The van der Waals surface area contributed by atoms with Crippen LogP contribution in [0, 0.1) is 0 Å². The first-order valence-electron chi connectivity index (χ1n) is 7.72. The highest BCUT2D eigenvalue weighted by Gasteiger charge is 2.37. The molecule has 1 atom stereocenters. The number of amides is 1. The van der Waals surface area contributed by atoms with Gasteiger partial charge >= 0.3 is 0 Å². The number of nitrogens with one attached hydrogen (secondary N) is 1. The average molecular weight is 326 g/mol. The minimum absolute atomic E-state index is 0.0871. The minimum atomic E-state index is -0.352. The van der Waals surface area contributed by atoms with Crippen LogP contribution in [0.1, 0.15) is 0 Å². The number of aromatic nitrogens is 2. The summed E-state index contributed by atoms with van der Waals surface area (Å²) in [7, 11) is 0. The fraction of sp³-hybridized carbons (Fsp3) is 0.312. The predicted molar refractivity (Wildman–Crippen MR) is 84.2 cm³/mol. The molecule has 0 bridgehead atoms. The number of nitrogens with zero attached hydrogens (tertiary/aromatic N) is 3. The van der Waals surface area contributed by atoms with Gasteiger partial charge in [0.05, 0.1) is 25.0 Å². The van der Waals surface area contributed by atoms with Gasteiger partial charge in [0.15, 0.2) is 23.1 Å². The molecule has 8 nitrogen and oxygen atoms in total. The Morgan fingerprint density at radius 3 is 3.21 bits per heavy atom. The van der Waals surface area contributed by atoms with Crippen molar-refractivity contribution >= 4 is 17.4 Å². The van der Waals surface area contributed by atoms with Gasteiger partial charge in [0.1, 0.15) is 11.7 Å². The largest absolute Gasteiger partial charge is 0.454 e. The van der Waals surface area contributed by atoms with Gasteiger partial charge in [0.2, 0.25) is 12.7 Å². The van der Waals surface area contributed by atoms with E-state index >= 15 is 0 Å². The molecule has 1 N–H and O–H groups in total. The van der Waals surface area contributed by atoms with Crippen LogP contribution in [0.3, 0.4) is 0 Å². The van der Waals surface area contributed by atoms with Crippen molar-refractivity contribution in [2.75, 3.05) is 36.8 Å². The summed E-state index contributed by atoms with van der Waals surface area (Å²) in [6.07, 6.45) is 1.64. The lowest BCUT2D eigenvalue weighted by atomic mass is 10.1. The van der Waals surface area contributed by atoms with E-state index in [0.717, 1.165) is 5.56 Å². The number of para-hydroxylation sites is 1. The van der Waals surface area contributed by atoms with Gasteiger partial charge < -0.3 is 24.4 Å². The van der Waals surface area contributed by atoms with Crippen LogP contribution in [0.15, 0.2) is 24.4 Å². The zero-order valence-electron chi connectivity index (χ0n) is 12.7. The van der Waals surface area contributed by atoms with Crippen molar-refractivity contribution in [2.45, 2.75) is 6.04 Å². The van der Waals surface area contributed by atoms with Crippen LogP contribution in [0.2, 0.25) is 0 Å². The molecule has 0 radical (unpaired) electrons. The maximum Gasteiger partial charge on any atom is 0.249 e. The van der Waals surface area contributed by atoms with Gasteiger partial charge in [-0.15, -0.1) is 0 Å². The Hall–Kier alpha value is -2.87. The van der Waals surface area contributed by atoms with E-state index in [1.54, 1.807) is 6.20 Å². The van der Waals surface area contributed by atoms with Crippen molar-refractivity contribution in [1.29, 1.82) is 0 Å². The topological polar surface area (TPSA) is 85.8 Å². The zero-order chi connectivity index (χ0) is 16.1. The molecule has 1 saturated heterocycles. The number of morpholine rings is 1. The summed E-state index contributed by atoms with van der Waals surface area (Å²) in [6, 6.07) is 5.27. The van der Waals surface area contributed by atoms with Gasteiger partial charge in [-0.3, -0.25) is 4.79 Å². The van der Waals surface area contributed by atoms with Gasteiger partial charge in [-0.1, -0.05) is 6.07 Å². The van der Waals surface area contributed by atoms with Crippen molar-refractivity contribution < 1.29 is 19.0 Å². The van der Waals surface area contributed by atoms with Crippen molar-refractivity contribution in [1.82, 2.24) is 9.97 Å². The first kappa shape index (κ1) is 13.6. The lowest BCUT2D eigenvalue weighted by Crippen LogP contribution is -2.55. The van der Waals surface area contributed by atoms with Crippen molar-refractivity contribution in [3.63, 3.8) is 0 Å². The molecule has 24 heavy (non-hydrogen) atoms. The van der Waals surface area contributed by atoms with Crippen molar-refractivity contribution in [3.05, 3.63) is 24.4 Å². The zero-order valence-corrected chi connectivity index (χ0v) is 12.7. The van der Waals surface area contributed by atoms with Crippen LogP contribution in [-0.2, 0) is 9.53 Å². The molecule has 0 spiro atoms. The minimum Gasteiger partial charge on any atom is -0.454 e. The number of anilines is 2. The fourth-order valence-electron chi connectivity index (χ4n) is 3.21. The third-order valence-electron chi connectivity index (χ3n) is 4.37. The van der Waals surface area contributed by atoms with Crippen LogP contribution in [0.5, 0.6) is 11.5 Å². The second kappa shape index (κ2) is 5.07. The first-order valence-corrected chi connectivity index (χ1v) is 7.72. The monoisotopic (exact) mass is 326 g/mol. The number of hydrogen-bond donors (Lipinski definition) is 1. The van der Waals surface area contributed by atoms with Gasteiger partial charge in [-0.2, -0.15) is 0 Å². The van der Waals surface area contributed by atoms with Gasteiger partial charge in [-0.25, -0.2) is 9.97 Å². The molecular weight excluding hydrogens is 312 g/mol. The maximum absolute atomic E-state index is 12.2. The highest BCUT2D eigenvalue weighted by atomic mass is 16.7. The van der Waals surface area contributed by atoms with E-state index in [2.05, 4.69) is 15.3 Å². The number of rotatable bonds is 1. The third-order valence-corrected chi connectivity index (χ3v) is 4.37. The summed E-state index contributed by atoms with van der Waals surface area (Å²) >= 11 is 0. The van der Waals surface area contributed by atoms with Crippen LogP contribution < -0.4 is 19.7 Å². The summed E-state index contributed by atoms with van der Waals surface area (Å²) in [5, 5.41) is 2.85. The molecule has 8 heteroatoms. The van der Waals surface area contributed by atoms with E-state index in [1.807, 2.05) is 23.1 Å². The molecule has 122 valence electrons. The molecule has 2 aromatic rings. The van der Waals surface area contributed by atoms with Gasteiger partial charge in [0.25, 0.3) is 0 Å². The van der Waals surface area contributed by atoms with Crippen LogP contribution in [0.25, 0.3) is 11.4 Å². The van der Waals surface area contributed by atoms with E-state index in [1.165, 1.54) is 0 Å². The summed E-state index contributed by atoms with van der Waals surface area (Å²) in [6.45, 7) is 1.75. The van der Waals surface area contributed by atoms with E-state index in [0.29, 0.717) is 48.6 Å². The molecule has 1 fully saturated rings. The van der Waals surface area contributed by atoms with Crippen molar-refractivity contribution in [3.8, 4) is 22.9 Å². The molecule has 1 aromatic carbocycles. The highest BCUT2D eigenvalue weighted by Crippen LogP contribution is 2.41. The van der Waals surface area contributed by atoms with E-state index in [-0.39, 0.29) is 18.7 Å². The Bertz CT molecular complexity index is 841. The van der Waals surface area contributed by atoms with Crippen LogP contribution in [-0.4, -0.2) is 48.5 Å². The Morgan fingerprint density at radius 2 is 2.25 bits per heavy atom. The number of ether oxygens (including phenoxy) is 3. The Labute approximate surface area is 137 Å². The van der Waals surface area contributed by atoms with E-state index < -0.39 is 0 Å². The number of hydrogen-bond acceptors (Lipinski definition) is 7. The molecular formula is C16H14N4O4. The molecule has 0 saturated carbocycles. The molecule has 0 aliphatic carbocycles. The molecule has 3 aliphatic rings. The Balaban J connectivity index is 1.62. The number of carbonyl (C=O) groups is 1. The Kier molecular flexibility index (Phi) is 2.86. The third kappa shape index (κ3) is 1.93. The first-order chi connectivity index (χ1) is 11.8. The fourth-order valence-corrected chi connectivity index (χ4v) is 3.21. The lowest BCUT2D eigenvalue weighted by Gasteiger charge is -2.39. The van der Waals surface area contributed by atoms with E-state index in [9.17, 15) is 4.79 Å². The number of fused-ring (bicyclic) bond motifs is 4. The predicted octanol–water partition coefficient (Wildman–Crippen LogP) is 1.03. The number of carbonyl (C=O) groups excluding carboxylic acids is 1. The molecule has 5 rings (SSSR count). The van der Waals surface area contributed by atoms with Crippen LogP contribution in [0.4, 0.5) is 11.5 Å². The smallest absolute Gasteiger partial charge is 0.249 e. The Morgan fingerprint density at radius 1 is 1.29 bits per heavy atom. The van der Waals surface area contributed by atoms with Crippen LogP contribution >= 0.6 is 0 Å². The second-order valence-corrected chi connectivity index (χ2v) is 5.74. The molecule has 4 heterocycles. The van der Waals surface area contributed by atoms with Gasteiger partial charge in [0, 0.05) is 6.54 Å². The molecule has 1 aromatic heterocycles. The van der Waals surface area contributed by atoms with E-state index in [4.69, 9.17) is 14.2 Å². The normalized spacial score (nSPS) is 21.1. The second-order valence-electron chi connectivity index (χ2n) is 5.74. The quantitative estimate of drug-likeness (QED) is 0.837. The van der Waals surface area contributed by atoms with Gasteiger partial charge in [-0.05, 0) is 12.1 Å². The molecule has 1 amide bonds. The summed E-state index contributed by atoms with van der Waals surface area (Å²) in [4.78, 5) is 23.2. The SMILES string of the molecule is O=C1Nc2cnc(-c3cccc4c3OCO4)nc2N2CCOCC12. The van der Waals surface area contributed by atoms with Crippen molar-refractivity contribution in [2.24, 2.45) is 0 Å². The lowest BCUT2D eigenvalue weighted by molar-refractivity contribution is -0.120. The summed E-state index contributed by atoms with van der Waals surface area (Å²) in [5.74, 6) is 2.50. The molecule has 1 unspecified atom stereocenters. The summed E-state index contributed by atoms with van der Waals surface area (Å²) in [5.41, 5.74) is 1.39. The highest BCUT2D eigenvalue weighted by molar-refractivity contribution is 6.03. The average Bonchev–Trinajstić information content (AvgIpc) is 3.11.